The van der Waals surface area contributed by atoms with E-state index in [0.717, 1.165) is 5.56 Å². The Kier molecular flexibility index (Phi) is 4.88. The molecule has 1 rings (SSSR count). The summed E-state index contributed by atoms with van der Waals surface area (Å²) in [6.45, 7) is 1.82. The molecule has 0 amide bonds. The third-order valence-corrected chi connectivity index (χ3v) is 1.71. The minimum absolute atomic E-state index is 0. The molecule has 1 aromatic rings. The van der Waals surface area contributed by atoms with Crippen molar-refractivity contribution in [3.8, 4) is 0 Å². The van der Waals surface area contributed by atoms with Crippen LogP contribution in [0.25, 0.3) is 0 Å². The van der Waals surface area contributed by atoms with E-state index < -0.39 is 6.43 Å². The zero-order chi connectivity index (χ0) is 9.14. The maximum absolute atomic E-state index is 12.1. The second kappa shape index (κ2) is 5.14. The Morgan fingerprint density at radius 1 is 1.08 bits per heavy atom. The Labute approximate surface area is 82.4 Å². The molecule has 1 unspecified atom stereocenters. The van der Waals surface area contributed by atoms with E-state index in [2.05, 4.69) is 0 Å². The fourth-order valence-corrected chi connectivity index (χ4v) is 0.945. The predicted molar refractivity (Wildman–Crippen MR) is 51.2 cm³/mol. The number of benzene rings is 1. The van der Waals surface area contributed by atoms with Crippen molar-refractivity contribution in [1.82, 2.24) is 0 Å². The minimum atomic E-state index is -2.40. The molecular formula is C9H12ClF2N. The summed E-state index contributed by atoms with van der Waals surface area (Å²) in [5.41, 5.74) is 6.47. The molecule has 0 heterocycles. The van der Waals surface area contributed by atoms with Crippen LogP contribution in [0.15, 0.2) is 24.3 Å². The van der Waals surface area contributed by atoms with Gasteiger partial charge < -0.3 is 5.73 Å². The van der Waals surface area contributed by atoms with Crippen molar-refractivity contribution in [2.75, 3.05) is 0 Å². The minimum Gasteiger partial charge on any atom is -0.324 e. The lowest BCUT2D eigenvalue weighted by atomic mass is 10.1. The lowest BCUT2D eigenvalue weighted by Gasteiger charge is -2.05. The van der Waals surface area contributed by atoms with Gasteiger partial charge in [-0.3, -0.25) is 0 Å². The average Bonchev–Trinajstić information content (AvgIpc) is 2.04. The average molecular weight is 208 g/mol. The van der Waals surface area contributed by atoms with Crippen molar-refractivity contribution >= 4 is 12.4 Å². The van der Waals surface area contributed by atoms with Gasteiger partial charge in [-0.1, -0.05) is 24.3 Å². The summed E-state index contributed by atoms with van der Waals surface area (Å²) >= 11 is 0. The molecule has 0 aliphatic heterocycles. The summed E-state index contributed by atoms with van der Waals surface area (Å²) < 4.78 is 24.1. The van der Waals surface area contributed by atoms with Gasteiger partial charge in [-0.2, -0.15) is 0 Å². The second-order valence-electron chi connectivity index (χ2n) is 2.76. The summed E-state index contributed by atoms with van der Waals surface area (Å²) in [4.78, 5) is 0. The molecule has 0 radical (unpaired) electrons. The van der Waals surface area contributed by atoms with Crippen molar-refractivity contribution in [1.29, 1.82) is 0 Å². The van der Waals surface area contributed by atoms with E-state index in [1.54, 1.807) is 12.1 Å². The van der Waals surface area contributed by atoms with Gasteiger partial charge in [-0.25, -0.2) is 8.78 Å². The van der Waals surface area contributed by atoms with Crippen LogP contribution in [-0.2, 0) is 0 Å². The van der Waals surface area contributed by atoms with Gasteiger partial charge in [0.2, 0.25) is 0 Å². The van der Waals surface area contributed by atoms with Gasteiger partial charge in [-0.15, -0.1) is 12.4 Å². The number of hydrogen-bond acceptors (Lipinski definition) is 1. The van der Waals surface area contributed by atoms with Gasteiger partial charge in [0, 0.05) is 11.6 Å². The third kappa shape index (κ3) is 3.28. The molecule has 0 saturated heterocycles. The SMILES string of the molecule is CC(N)c1ccc(C(F)F)cc1.Cl. The fraction of sp³-hybridized carbons (Fsp3) is 0.333. The van der Waals surface area contributed by atoms with Crippen LogP contribution in [0, 0.1) is 0 Å². The first-order chi connectivity index (χ1) is 5.61. The molecular weight excluding hydrogens is 196 g/mol. The maximum atomic E-state index is 12.1. The van der Waals surface area contributed by atoms with Gasteiger partial charge in [0.05, 0.1) is 0 Å². The largest absolute Gasteiger partial charge is 0.324 e. The van der Waals surface area contributed by atoms with E-state index in [1.807, 2.05) is 6.92 Å². The van der Waals surface area contributed by atoms with Crippen LogP contribution in [0.4, 0.5) is 8.78 Å². The summed E-state index contributed by atoms with van der Waals surface area (Å²) in [7, 11) is 0. The Bertz CT molecular complexity index is 219. The number of alkyl halides is 2. The number of hydrogen-bond donors (Lipinski definition) is 1. The highest BCUT2D eigenvalue weighted by atomic mass is 35.5. The number of nitrogens with two attached hydrogens (primary N) is 1. The summed E-state index contributed by atoms with van der Waals surface area (Å²) in [5.74, 6) is 0. The summed E-state index contributed by atoms with van der Waals surface area (Å²) in [6, 6.07) is 5.97. The van der Waals surface area contributed by atoms with Crippen molar-refractivity contribution < 1.29 is 8.78 Å². The van der Waals surface area contributed by atoms with E-state index in [0.29, 0.717) is 0 Å². The molecule has 0 aliphatic carbocycles. The summed E-state index contributed by atoms with van der Waals surface area (Å²) in [5, 5.41) is 0. The Morgan fingerprint density at radius 3 is 1.77 bits per heavy atom. The first-order valence-corrected chi connectivity index (χ1v) is 3.75. The lowest BCUT2D eigenvalue weighted by molar-refractivity contribution is 0.151. The molecule has 1 atom stereocenters. The van der Waals surface area contributed by atoms with Crippen LogP contribution in [0.3, 0.4) is 0 Å². The molecule has 0 aromatic heterocycles. The van der Waals surface area contributed by atoms with Gasteiger partial charge in [0.1, 0.15) is 0 Å². The van der Waals surface area contributed by atoms with Crippen LogP contribution >= 0.6 is 12.4 Å². The molecule has 13 heavy (non-hydrogen) atoms. The first-order valence-electron chi connectivity index (χ1n) is 3.75. The fourth-order valence-electron chi connectivity index (χ4n) is 0.945. The van der Waals surface area contributed by atoms with Crippen LogP contribution in [-0.4, -0.2) is 0 Å². The van der Waals surface area contributed by atoms with Crippen molar-refractivity contribution in [3.63, 3.8) is 0 Å². The number of rotatable bonds is 2. The molecule has 74 valence electrons. The zero-order valence-electron chi connectivity index (χ0n) is 7.21. The van der Waals surface area contributed by atoms with Gasteiger partial charge in [0.25, 0.3) is 6.43 Å². The maximum Gasteiger partial charge on any atom is 0.263 e. The normalized spacial score (nSPS) is 12.4. The molecule has 0 bridgehead atoms. The second-order valence-corrected chi connectivity index (χ2v) is 2.76. The molecule has 2 N–H and O–H groups in total. The number of halogens is 3. The van der Waals surface area contributed by atoms with Crippen LogP contribution in [0.5, 0.6) is 0 Å². The monoisotopic (exact) mass is 207 g/mol. The first kappa shape index (κ1) is 12.3. The highest BCUT2D eigenvalue weighted by Crippen LogP contribution is 2.20. The molecule has 1 aromatic carbocycles. The van der Waals surface area contributed by atoms with Crippen molar-refractivity contribution in [3.05, 3.63) is 35.4 Å². The molecule has 0 aliphatic rings. The van der Waals surface area contributed by atoms with Crippen molar-refractivity contribution in [2.45, 2.75) is 19.4 Å². The zero-order valence-corrected chi connectivity index (χ0v) is 8.02. The Hall–Kier alpha value is -0.670. The Morgan fingerprint density at radius 2 is 1.46 bits per heavy atom. The van der Waals surface area contributed by atoms with E-state index in [1.165, 1.54) is 12.1 Å². The quantitative estimate of drug-likeness (QED) is 0.793. The molecule has 4 heteroatoms. The van der Waals surface area contributed by atoms with Crippen LogP contribution in [0.2, 0.25) is 0 Å². The Balaban J connectivity index is 0.00000144. The van der Waals surface area contributed by atoms with Gasteiger partial charge >= 0.3 is 0 Å². The highest BCUT2D eigenvalue weighted by molar-refractivity contribution is 5.85. The third-order valence-electron chi connectivity index (χ3n) is 1.71. The van der Waals surface area contributed by atoms with Gasteiger partial charge in [-0.05, 0) is 12.5 Å². The molecule has 1 nitrogen and oxygen atoms in total. The predicted octanol–water partition coefficient (Wildman–Crippen LogP) is 3.07. The smallest absolute Gasteiger partial charge is 0.263 e. The van der Waals surface area contributed by atoms with E-state index >= 15 is 0 Å². The van der Waals surface area contributed by atoms with Crippen LogP contribution < -0.4 is 5.73 Å². The van der Waals surface area contributed by atoms with E-state index in [-0.39, 0.29) is 24.0 Å². The lowest BCUT2D eigenvalue weighted by Crippen LogP contribution is -2.04. The van der Waals surface area contributed by atoms with Crippen LogP contribution in [0.1, 0.15) is 30.5 Å². The van der Waals surface area contributed by atoms with E-state index in [9.17, 15) is 8.78 Å². The topological polar surface area (TPSA) is 26.0 Å². The summed E-state index contributed by atoms with van der Waals surface area (Å²) in [6.07, 6.45) is -2.40. The molecule has 0 saturated carbocycles. The standard InChI is InChI=1S/C9H11F2N.ClH/c1-6(12)7-2-4-8(5-3-7)9(10)11;/h2-6,9H,12H2,1H3;1H. The highest BCUT2D eigenvalue weighted by Gasteiger charge is 2.06. The van der Waals surface area contributed by atoms with Gasteiger partial charge in [0.15, 0.2) is 0 Å². The molecule has 0 fully saturated rings. The van der Waals surface area contributed by atoms with Crippen molar-refractivity contribution in [2.24, 2.45) is 5.73 Å². The van der Waals surface area contributed by atoms with E-state index in [4.69, 9.17) is 5.73 Å². The molecule has 0 spiro atoms.